The minimum atomic E-state index is 0.210. The molecule has 1 aromatic carbocycles. The summed E-state index contributed by atoms with van der Waals surface area (Å²) in [5, 5.41) is 1.90. The van der Waals surface area contributed by atoms with Gasteiger partial charge in [-0.05, 0) is 31.6 Å². The Kier molecular flexibility index (Phi) is 4.82. The molecule has 0 aliphatic carbocycles. The number of thiocarbonyl (C=S) groups is 1. The maximum Gasteiger partial charge on any atom is 0.198 e. The van der Waals surface area contributed by atoms with Crippen molar-refractivity contribution in [2.45, 2.75) is 19.2 Å². The summed E-state index contributed by atoms with van der Waals surface area (Å²) in [7, 11) is 2.01. The SMILES string of the molecule is CCN(CC)C1=NC(=S)N(C)C(c2ccccc2)S1. The van der Waals surface area contributed by atoms with Crippen molar-refractivity contribution in [1.29, 1.82) is 0 Å². The van der Waals surface area contributed by atoms with Crippen molar-refractivity contribution in [1.82, 2.24) is 9.80 Å². The van der Waals surface area contributed by atoms with E-state index < -0.39 is 0 Å². The maximum atomic E-state index is 5.40. The van der Waals surface area contributed by atoms with Gasteiger partial charge in [-0.15, -0.1) is 0 Å². The smallest absolute Gasteiger partial charge is 0.198 e. The number of hydrogen-bond acceptors (Lipinski definition) is 3. The molecule has 0 bridgehead atoms. The summed E-state index contributed by atoms with van der Waals surface area (Å²) < 4.78 is 0. The van der Waals surface area contributed by atoms with E-state index >= 15 is 0 Å². The van der Waals surface area contributed by atoms with Crippen molar-refractivity contribution in [2.24, 2.45) is 4.99 Å². The van der Waals surface area contributed by atoms with Crippen LogP contribution in [0.2, 0.25) is 0 Å². The van der Waals surface area contributed by atoms with E-state index in [1.807, 2.05) is 13.1 Å². The molecular weight excluding hydrogens is 274 g/mol. The normalized spacial score (nSPS) is 19.3. The van der Waals surface area contributed by atoms with E-state index in [0.29, 0.717) is 5.11 Å². The van der Waals surface area contributed by atoms with Gasteiger partial charge in [-0.25, -0.2) is 0 Å². The van der Waals surface area contributed by atoms with E-state index in [1.54, 1.807) is 11.8 Å². The van der Waals surface area contributed by atoms with Crippen LogP contribution in [0.4, 0.5) is 0 Å². The molecule has 1 aromatic rings. The third-order valence-corrected chi connectivity index (χ3v) is 4.93. The van der Waals surface area contributed by atoms with E-state index in [0.717, 1.165) is 18.3 Å². The first-order valence-corrected chi connectivity index (χ1v) is 7.78. The molecule has 2 rings (SSSR count). The van der Waals surface area contributed by atoms with Crippen molar-refractivity contribution >= 4 is 34.3 Å². The van der Waals surface area contributed by atoms with Crippen LogP contribution in [-0.4, -0.2) is 40.2 Å². The number of rotatable bonds is 3. The number of aliphatic imine (C=N–C) groups is 1. The minimum absolute atomic E-state index is 0.210. The number of benzene rings is 1. The highest BCUT2D eigenvalue weighted by Crippen LogP contribution is 2.37. The average Bonchev–Trinajstić information content (AvgIpc) is 2.44. The first-order valence-electron chi connectivity index (χ1n) is 6.49. The highest BCUT2D eigenvalue weighted by molar-refractivity contribution is 8.14. The van der Waals surface area contributed by atoms with Crippen LogP contribution >= 0.6 is 24.0 Å². The fraction of sp³-hybridized carbons (Fsp3) is 0.429. The standard InChI is InChI=1S/C14H19N3S2/c1-4-17(5-2)14-15-13(18)16(3)12(19-14)11-9-7-6-8-10-11/h6-10,12H,4-5H2,1-3H3. The van der Waals surface area contributed by atoms with Gasteiger partial charge in [0.1, 0.15) is 5.37 Å². The number of hydrogen-bond donors (Lipinski definition) is 0. The Labute approximate surface area is 124 Å². The summed E-state index contributed by atoms with van der Waals surface area (Å²) >= 11 is 7.16. The quantitative estimate of drug-likeness (QED) is 0.795. The molecule has 1 aliphatic heterocycles. The molecule has 1 unspecified atom stereocenters. The predicted molar refractivity (Wildman–Crippen MR) is 87.5 cm³/mol. The molecule has 3 nitrogen and oxygen atoms in total. The molecule has 1 atom stereocenters. The Bertz CT molecular complexity index is 469. The number of nitrogens with zero attached hydrogens (tertiary/aromatic N) is 3. The molecular formula is C14H19N3S2. The second kappa shape index (κ2) is 6.39. The van der Waals surface area contributed by atoms with Gasteiger partial charge in [0.2, 0.25) is 0 Å². The number of thioether (sulfide) groups is 1. The molecule has 1 aliphatic rings. The third kappa shape index (κ3) is 3.09. The molecule has 1 heterocycles. The maximum absolute atomic E-state index is 5.40. The Balaban J connectivity index is 2.28. The zero-order valence-electron chi connectivity index (χ0n) is 11.5. The molecule has 0 radical (unpaired) electrons. The van der Waals surface area contributed by atoms with Gasteiger partial charge in [0.15, 0.2) is 10.3 Å². The lowest BCUT2D eigenvalue weighted by Gasteiger charge is -2.35. The van der Waals surface area contributed by atoms with Crippen LogP contribution < -0.4 is 0 Å². The molecule has 19 heavy (non-hydrogen) atoms. The second-order valence-corrected chi connectivity index (χ2v) is 5.75. The molecule has 0 fully saturated rings. The largest absolute Gasteiger partial charge is 0.352 e. The zero-order valence-corrected chi connectivity index (χ0v) is 13.2. The first kappa shape index (κ1) is 14.3. The van der Waals surface area contributed by atoms with Crippen molar-refractivity contribution in [2.75, 3.05) is 20.1 Å². The van der Waals surface area contributed by atoms with Gasteiger partial charge in [-0.3, -0.25) is 0 Å². The van der Waals surface area contributed by atoms with Gasteiger partial charge >= 0.3 is 0 Å². The van der Waals surface area contributed by atoms with E-state index in [2.05, 4.69) is 52.9 Å². The van der Waals surface area contributed by atoms with Gasteiger partial charge in [0.25, 0.3) is 0 Å². The van der Waals surface area contributed by atoms with Crippen LogP contribution in [0.5, 0.6) is 0 Å². The van der Waals surface area contributed by atoms with E-state index in [9.17, 15) is 0 Å². The lowest BCUT2D eigenvalue weighted by Crippen LogP contribution is -2.38. The zero-order chi connectivity index (χ0) is 13.8. The Morgan fingerprint density at radius 1 is 1.26 bits per heavy atom. The van der Waals surface area contributed by atoms with Gasteiger partial charge in [-0.1, -0.05) is 42.1 Å². The molecule has 102 valence electrons. The fourth-order valence-electron chi connectivity index (χ4n) is 2.01. The van der Waals surface area contributed by atoms with Crippen molar-refractivity contribution < 1.29 is 0 Å². The summed E-state index contributed by atoms with van der Waals surface area (Å²) in [5.74, 6) is 0. The van der Waals surface area contributed by atoms with Gasteiger partial charge < -0.3 is 9.80 Å². The van der Waals surface area contributed by atoms with Crippen molar-refractivity contribution in [3.8, 4) is 0 Å². The Morgan fingerprint density at radius 3 is 2.47 bits per heavy atom. The number of amidine groups is 1. The van der Waals surface area contributed by atoms with Crippen LogP contribution in [0.3, 0.4) is 0 Å². The van der Waals surface area contributed by atoms with Crippen LogP contribution in [0.15, 0.2) is 35.3 Å². The van der Waals surface area contributed by atoms with Crippen LogP contribution in [0.25, 0.3) is 0 Å². The molecule has 0 aromatic heterocycles. The first-order chi connectivity index (χ1) is 9.17. The highest BCUT2D eigenvalue weighted by atomic mass is 32.2. The van der Waals surface area contributed by atoms with Crippen molar-refractivity contribution in [3.05, 3.63) is 35.9 Å². The Morgan fingerprint density at radius 2 is 1.89 bits per heavy atom. The molecule has 0 saturated carbocycles. The van der Waals surface area contributed by atoms with Crippen LogP contribution in [0.1, 0.15) is 24.8 Å². The lowest BCUT2D eigenvalue weighted by molar-refractivity contribution is 0.458. The average molecular weight is 293 g/mol. The fourth-order valence-corrected chi connectivity index (χ4v) is 3.63. The molecule has 0 saturated heterocycles. The molecule has 0 N–H and O–H groups in total. The third-order valence-electron chi connectivity index (χ3n) is 3.18. The van der Waals surface area contributed by atoms with E-state index in [1.165, 1.54) is 5.56 Å². The summed E-state index contributed by atoms with van der Waals surface area (Å²) in [4.78, 5) is 8.85. The summed E-state index contributed by atoms with van der Waals surface area (Å²) in [5.41, 5.74) is 1.26. The minimum Gasteiger partial charge on any atom is -0.352 e. The van der Waals surface area contributed by atoms with Gasteiger partial charge in [-0.2, -0.15) is 4.99 Å². The van der Waals surface area contributed by atoms with Crippen LogP contribution in [0, 0.1) is 0 Å². The lowest BCUT2D eigenvalue weighted by atomic mass is 10.2. The summed E-state index contributed by atoms with van der Waals surface area (Å²) in [6, 6.07) is 10.4. The van der Waals surface area contributed by atoms with E-state index in [-0.39, 0.29) is 5.37 Å². The molecule has 5 heteroatoms. The topological polar surface area (TPSA) is 18.8 Å². The van der Waals surface area contributed by atoms with Gasteiger partial charge in [0.05, 0.1) is 0 Å². The van der Waals surface area contributed by atoms with Crippen LogP contribution in [-0.2, 0) is 0 Å². The monoisotopic (exact) mass is 293 g/mol. The predicted octanol–water partition coefficient (Wildman–Crippen LogP) is 3.35. The Hall–Kier alpha value is -1.07. The molecule has 0 amide bonds. The highest BCUT2D eigenvalue weighted by Gasteiger charge is 2.28. The van der Waals surface area contributed by atoms with E-state index in [4.69, 9.17) is 12.2 Å². The van der Waals surface area contributed by atoms with Gasteiger partial charge in [0, 0.05) is 20.1 Å². The van der Waals surface area contributed by atoms with Crippen molar-refractivity contribution in [3.63, 3.8) is 0 Å². The summed E-state index contributed by atoms with van der Waals surface area (Å²) in [6.45, 7) is 6.20. The summed E-state index contributed by atoms with van der Waals surface area (Å²) in [6.07, 6.45) is 0. The second-order valence-electron chi connectivity index (χ2n) is 4.34. The molecule has 0 spiro atoms.